The number of ether oxygens (including phenoxy) is 1. The Morgan fingerprint density at radius 2 is 2.10 bits per heavy atom. The van der Waals surface area contributed by atoms with E-state index in [-0.39, 0.29) is 0 Å². The molecule has 3 nitrogen and oxygen atoms in total. The summed E-state index contributed by atoms with van der Waals surface area (Å²) in [7, 11) is 0. The topological polar surface area (TPSA) is 27.1 Å². The molecule has 0 unspecified atom stereocenters. The zero-order chi connectivity index (χ0) is 15.4. The van der Waals surface area contributed by atoms with Crippen LogP contribution in [0.15, 0.2) is 22.7 Å². The second-order valence-electron chi connectivity index (χ2n) is 4.55. The summed E-state index contributed by atoms with van der Waals surface area (Å²) in [6.07, 6.45) is 0.883. The zero-order valence-corrected chi connectivity index (χ0v) is 15.1. The first kappa shape index (κ1) is 16.7. The highest BCUT2D eigenvalue weighted by Crippen LogP contribution is 2.27. The second kappa shape index (κ2) is 7.52. The van der Waals surface area contributed by atoms with E-state index in [4.69, 9.17) is 27.9 Å². The second-order valence-corrected chi connectivity index (χ2v) is 6.05. The van der Waals surface area contributed by atoms with Gasteiger partial charge in [-0.1, -0.05) is 18.5 Å². The number of aryl methyl sites for hydroxylation is 2. The Morgan fingerprint density at radius 3 is 2.71 bits per heavy atom. The Morgan fingerprint density at radius 1 is 1.33 bits per heavy atom. The highest BCUT2D eigenvalue weighted by molar-refractivity contribution is 9.10. The summed E-state index contributed by atoms with van der Waals surface area (Å²) >= 11 is 15.5. The molecule has 21 heavy (non-hydrogen) atoms. The van der Waals surface area contributed by atoms with Crippen LogP contribution in [-0.4, -0.2) is 9.78 Å². The van der Waals surface area contributed by atoms with Gasteiger partial charge in [-0.3, -0.25) is 4.68 Å². The number of nitrogens with zero attached hydrogens (tertiary/aromatic N) is 2. The zero-order valence-electron chi connectivity index (χ0n) is 12.0. The fourth-order valence-electron chi connectivity index (χ4n) is 2.09. The number of halogens is 3. The molecular formula is C15H17BrCl2N2O. The monoisotopic (exact) mass is 390 g/mol. The maximum Gasteiger partial charge on any atom is 0.131 e. The number of alkyl halides is 1. The summed E-state index contributed by atoms with van der Waals surface area (Å²) in [5.74, 6) is 1.12. The van der Waals surface area contributed by atoms with Gasteiger partial charge in [0.15, 0.2) is 0 Å². The summed E-state index contributed by atoms with van der Waals surface area (Å²) in [5, 5.41) is 5.22. The molecule has 0 amide bonds. The number of hydrogen-bond donors (Lipinski definition) is 0. The smallest absolute Gasteiger partial charge is 0.131 e. The minimum Gasteiger partial charge on any atom is -0.487 e. The van der Waals surface area contributed by atoms with Crippen LogP contribution in [0.25, 0.3) is 0 Å². The van der Waals surface area contributed by atoms with Crippen molar-refractivity contribution in [3.05, 3.63) is 44.6 Å². The van der Waals surface area contributed by atoms with Crippen molar-refractivity contribution in [1.29, 1.82) is 0 Å². The molecule has 1 heterocycles. The molecular weight excluding hydrogens is 375 g/mol. The molecule has 0 aliphatic carbocycles. The van der Waals surface area contributed by atoms with E-state index in [1.165, 1.54) is 0 Å². The predicted octanol–water partition coefficient (Wildman–Crippen LogP) is 5.20. The van der Waals surface area contributed by atoms with Gasteiger partial charge in [-0.2, -0.15) is 5.10 Å². The minimum absolute atomic E-state index is 0.365. The van der Waals surface area contributed by atoms with Gasteiger partial charge in [0.25, 0.3) is 0 Å². The molecule has 1 aromatic carbocycles. The highest BCUT2D eigenvalue weighted by Gasteiger charge is 2.15. The van der Waals surface area contributed by atoms with Crippen molar-refractivity contribution in [1.82, 2.24) is 9.78 Å². The summed E-state index contributed by atoms with van der Waals surface area (Å²) in [6, 6.07) is 5.48. The quantitative estimate of drug-likeness (QED) is 0.632. The lowest BCUT2D eigenvalue weighted by Gasteiger charge is -2.11. The van der Waals surface area contributed by atoms with Gasteiger partial charge in [-0.05, 0) is 47.5 Å². The van der Waals surface area contributed by atoms with Crippen molar-refractivity contribution >= 4 is 39.1 Å². The van der Waals surface area contributed by atoms with Crippen LogP contribution in [0, 0.1) is 0 Å². The molecule has 0 atom stereocenters. The van der Waals surface area contributed by atoms with Crippen LogP contribution >= 0.6 is 39.1 Å². The van der Waals surface area contributed by atoms with Gasteiger partial charge in [-0.25, -0.2) is 0 Å². The van der Waals surface area contributed by atoms with E-state index in [2.05, 4.69) is 34.9 Å². The Hall–Kier alpha value is -0.710. The highest BCUT2D eigenvalue weighted by atomic mass is 79.9. The largest absolute Gasteiger partial charge is 0.487 e. The number of hydrogen-bond acceptors (Lipinski definition) is 2. The van der Waals surface area contributed by atoms with Gasteiger partial charge in [-0.15, -0.1) is 11.6 Å². The summed E-state index contributed by atoms with van der Waals surface area (Å²) in [4.78, 5) is 0. The van der Waals surface area contributed by atoms with E-state index in [1.807, 2.05) is 16.8 Å². The van der Waals surface area contributed by atoms with E-state index in [0.717, 1.165) is 40.1 Å². The number of benzene rings is 1. The van der Waals surface area contributed by atoms with Crippen LogP contribution in [0.3, 0.4) is 0 Å². The van der Waals surface area contributed by atoms with Crippen molar-refractivity contribution in [2.75, 3.05) is 0 Å². The molecule has 114 valence electrons. The molecule has 2 aromatic rings. The molecule has 0 fully saturated rings. The molecule has 0 N–H and O–H groups in total. The van der Waals surface area contributed by atoms with Crippen molar-refractivity contribution in [3.63, 3.8) is 0 Å². The van der Waals surface area contributed by atoms with Crippen LogP contribution in [-0.2, 0) is 25.5 Å². The molecule has 0 aliphatic rings. The molecule has 2 rings (SSSR count). The summed E-state index contributed by atoms with van der Waals surface area (Å²) in [5.41, 5.74) is 2.97. The fourth-order valence-corrected chi connectivity index (χ4v) is 3.18. The first-order chi connectivity index (χ1) is 10.1. The van der Waals surface area contributed by atoms with E-state index < -0.39 is 0 Å². The molecule has 6 heteroatoms. The fraction of sp³-hybridized carbons (Fsp3) is 0.400. The lowest BCUT2D eigenvalue weighted by atomic mass is 10.2. The summed E-state index contributed by atoms with van der Waals surface area (Å²) < 4.78 is 8.90. The Labute approximate surface area is 143 Å². The SMILES string of the molecule is CCc1nn(CC)c(COc2ccc(Cl)cc2CCl)c1Br. The van der Waals surface area contributed by atoms with E-state index in [0.29, 0.717) is 17.5 Å². The third kappa shape index (κ3) is 3.74. The maximum atomic E-state index is 5.97. The molecule has 0 radical (unpaired) electrons. The minimum atomic E-state index is 0.365. The lowest BCUT2D eigenvalue weighted by Crippen LogP contribution is -2.07. The van der Waals surface area contributed by atoms with E-state index >= 15 is 0 Å². The van der Waals surface area contributed by atoms with Crippen molar-refractivity contribution < 1.29 is 4.74 Å². The van der Waals surface area contributed by atoms with Gasteiger partial charge in [0.05, 0.1) is 21.7 Å². The van der Waals surface area contributed by atoms with Crippen LogP contribution in [0.4, 0.5) is 0 Å². The average Bonchev–Trinajstić information content (AvgIpc) is 2.81. The lowest BCUT2D eigenvalue weighted by molar-refractivity contribution is 0.289. The third-order valence-corrected chi connectivity index (χ3v) is 4.66. The molecule has 0 saturated heterocycles. The Bertz CT molecular complexity index is 628. The summed E-state index contributed by atoms with van der Waals surface area (Å²) in [6.45, 7) is 5.39. The van der Waals surface area contributed by atoms with Crippen LogP contribution in [0.5, 0.6) is 5.75 Å². The Balaban J connectivity index is 2.22. The molecule has 0 bridgehead atoms. The first-order valence-electron chi connectivity index (χ1n) is 6.81. The number of aromatic nitrogens is 2. The molecule has 0 saturated carbocycles. The van der Waals surface area contributed by atoms with Crippen LogP contribution < -0.4 is 4.74 Å². The molecule has 0 spiro atoms. The normalized spacial score (nSPS) is 10.9. The van der Waals surface area contributed by atoms with Crippen molar-refractivity contribution in [2.45, 2.75) is 39.3 Å². The maximum absolute atomic E-state index is 5.97. The molecule has 1 aromatic heterocycles. The Kier molecular flexibility index (Phi) is 5.97. The van der Waals surface area contributed by atoms with Crippen molar-refractivity contribution in [2.24, 2.45) is 0 Å². The van der Waals surface area contributed by atoms with Gasteiger partial charge < -0.3 is 4.74 Å². The van der Waals surface area contributed by atoms with Crippen LogP contribution in [0.1, 0.15) is 30.8 Å². The third-order valence-electron chi connectivity index (χ3n) is 3.23. The van der Waals surface area contributed by atoms with Gasteiger partial charge >= 0.3 is 0 Å². The van der Waals surface area contributed by atoms with Gasteiger partial charge in [0.1, 0.15) is 12.4 Å². The standard InChI is InChI=1S/C15H17BrCl2N2O/c1-3-12-15(16)13(20(4-2)19-12)9-21-14-6-5-11(18)7-10(14)8-17/h5-7H,3-4,8-9H2,1-2H3. The van der Waals surface area contributed by atoms with Crippen molar-refractivity contribution in [3.8, 4) is 5.75 Å². The number of rotatable bonds is 6. The predicted molar refractivity (Wildman–Crippen MR) is 90.3 cm³/mol. The average molecular weight is 392 g/mol. The van der Waals surface area contributed by atoms with E-state index in [1.54, 1.807) is 6.07 Å². The van der Waals surface area contributed by atoms with Gasteiger partial charge in [0, 0.05) is 17.1 Å². The van der Waals surface area contributed by atoms with E-state index in [9.17, 15) is 0 Å². The first-order valence-corrected chi connectivity index (χ1v) is 8.52. The van der Waals surface area contributed by atoms with Gasteiger partial charge in [0.2, 0.25) is 0 Å². The van der Waals surface area contributed by atoms with Crippen LogP contribution in [0.2, 0.25) is 5.02 Å². The molecule has 0 aliphatic heterocycles.